The molecule has 0 aliphatic heterocycles. The molecule has 1 N–H and O–H groups in total. The van der Waals surface area contributed by atoms with Crippen molar-refractivity contribution in [2.24, 2.45) is 0 Å². The van der Waals surface area contributed by atoms with E-state index in [9.17, 15) is 0 Å². The van der Waals surface area contributed by atoms with Crippen LogP contribution < -0.4 is 5.32 Å². The predicted molar refractivity (Wildman–Crippen MR) is 81.1 cm³/mol. The molecule has 0 atom stereocenters. The molecule has 0 bridgehead atoms. The molecule has 0 radical (unpaired) electrons. The molecule has 0 saturated heterocycles. The summed E-state index contributed by atoms with van der Waals surface area (Å²) in [6.45, 7) is 7.65. The number of hydrogen-bond acceptors (Lipinski definition) is 7. The van der Waals surface area contributed by atoms with Crippen LogP contribution in [0.3, 0.4) is 0 Å². The zero-order valence-electron chi connectivity index (χ0n) is 11.0. The largest absolute Gasteiger partial charge is 0.375 e. The number of aromatic nitrogens is 3. The van der Waals surface area contributed by atoms with Crippen molar-refractivity contribution in [2.75, 3.05) is 31.3 Å². The first-order valence-corrected chi connectivity index (χ1v) is 7.86. The summed E-state index contributed by atoms with van der Waals surface area (Å²) in [5.74, 6) is 0.821. The number of ether oxygens (including phenoxy) is 1. The minimum atomic E-state index is 0.595. The molecule has 2 aromatic rings. The van der Waals surface area contributed by atoms with E-state index in [1.54, 1.807) is 23.1 Å². The summed E-state index contributed by atoms with van der Waals surface area (Å²) in [5, 5.41) is 3.25. The number of nitrogens with zero attached hydrogens (tertiary/aromatic N) is 3. The zero-order chi connectivity index (χ0) is 13.7. The van der Waals surface area contributed by atoms with Crippen molar-refractivity contribution in [2.45, 2.75) is 11.3 Å². The molecule has 102 valence electrons. The number of rotatable bonds is 7. The number of nitrogens with one attached hydrogen (secondary N) is 1. The fourth-order valence-electron chi connectivity index (χ4n) is 1.44. The quantitative estimate of drug-likeness (QED) is 0.481. The van der Waals surface area contributed by atoms with Gasteiger partial charge in [0, 0.05) is 6.54 Å². The fourth-order valence-corrected chi connectivity index (χ4v) is 2.91. The Morgan fingerprint density at radius 1 is 1.53 bits per heavy atom. The summed E-state index contributed by atoms with van der Waals surface area (Å²) >= 11 is 3.22. The summed E-state index contributed by atoms with van der Waals surface area (Å²) in [5.41, 5.74) is 1.77. The van der Waals surface area contributed by atoms with Crippen LogP contribution in [0, 0.1) is 0 Å². The van der Waals surface area contributed by atoms with Crippen LogP contribution in [0.4, 0.5) is 5.82 Å². The topological polar surface area (TPSA) is 59.9 Å². The van der Waals surface area contributed by atoms with Gasteiger partial charge in [-0.2, -0.15) is 0 Å². The van der Waals surface area contributed by atoms with Gasteiger partial charge >= 0.3 is 0 Å². The molecule has 0 aliphatic carbocycles. The Hall–Kier alpha value is -1.18. The Labute approximate surface area is 120 Å². The molecule has 0 aliphatic rings. The van der Waals surface area contributed by atoms with Crippen molar-refractivity contribution >= 4 is 39.3 Å². The molecule has 7 heteroatoms. The highest BCUT2D eigenvalue weighted by Crippen LogP contribution is 2.30. The predicted octanol–water partition coefficient (Wildman–Crippen LogP) is 2.81. The van der Waals surface area contributed by atoms with Gasteiger partial charge in [0.25, 0.3) is 0 Å². The lowest BCUT2D eigenvalue weighted by molar-refractivity contribution is 0.167. The van der Waals surface area contributed by atoms with Gasteiger partial charge < -0.3 is 10.1 Å². The van der Waals surface area contributed by atoms with E-state index in [2.05, 4.69) is 26.8 Å². The van der Waals surface area contributed by atoms with Crippen LogP contribution in [0.25, 0.3) is 10.3 Å². The maximum atomic E-state index is 5.43. The minimum Gasteiger partial charge on any atom is -0.375 e. The summed E-state index contributed by atoms with van der Waals surface area (Å²) < 4.78 is 7.42. The number of fused-ring (bicyclic) bond motifs is 1. The van der Waals surface area contributed by atoms with E-state index >= 15 is 0 Å². The van der Waals surface area contributed by atoms with Crippen LogP contribution in [-0.4, -0.2) is 41.0 Å². The average molecular weight is 296 g/mol. The van der Waals surface area contributed by atoms with E-state index in [0.717, 1.165) is 26.1 Å². The van der Waals surface area contributed by atoms with Crippen molar-refractivity contribution in [1.82, 2.24) is 15.0 Å². The second kappa shape index (κ2) is 6.83. The van der Waals surface area contributed by atoms with Crippen LogP contribution in [-0.2, 0) is 4.74 Å². The van der Waals surface area contributed by atoms with E-state index in [0.29, 0.717) is 19.8 Å². The molecule has 0 saturated carbocycles. The van der Waals surface area contributed by atoms with Crippen molar-refractivity contribution in [3.63, 3.8) is 0 Å². The van der Waals surface area contributed by atoms with E-state index < -0.39 is 0 Å². The molecule has 0 amide bonds. The third-order valence-corrected chi connectivity index (χ3v) is 4.27. The number of thiazole rings is 1. The SMILES string of the molecule is C=C(C)COCCNc1ncnc2nc(SC)sc12. The van der Waals surface area contributed by atoms with Crippen LogP contribution in [0.1, 0.15) is 6.92 Å². The second-order valence-electron chi connectivity index (χ2n) is 4.00. The number of hydrogen-bond donors (Lipinski definition) is 1. The maximum absolute atomic E-state index is 5.43. The number of anilines is 1. The smallest absolute Gasteiger partial charge is 0.176 e. The van der Waals surface area contributed by atoms with Gasteiger partial charge in [0.1, 0.15) is 16.8 Å². The maximum Gasteiger partial charge on any atom is 0.176 e. The summed E-state index contributed by atoms with van der Waals surface area (Å²) in [6.07, 6.45) is 3.53. The molecule has 19 heavy (non-hydrogen) atoms. The van der Waals surface area contributed by atoms with Crippen LogP contribution in [0.15, 0.2) is 22.8 Å². The second-order valence-corrected chi connectivity index (χ2v) is 6.05. The van der Waals surface area contributed by atoms with E-state index in [-0.39, 0.29) is 0 Å². The molecule has 0 aromatic carbocycles. The first kappa shape index (κ1) is 14.2. The van der Waals surface area contributed by atoms with Crippen molar-refractivity contribution in [3.8, 4) is 0 Å². The van der Waals surface area contributed by atoms with E-state index in [4.69, 9.17) is 4.74 Å². The van der Waals surface area contributed by atoms with Gasteiger partial charge in [-0.15, -0.1) is 11.3 Å². The minimum absolute atomic E-state index is 0.595. The van der Waals surface area contributed by atoms with Crippen molar-refractivity contribution in [1.29, 1.82) is 0 Å². The Kier molecular flexibility index (Phi) is 5.12. The lowest BCUT2D eigenvalue weighted by Gasteiger charge is -2.06. The first-order chi connectivity index (χ1) is 9.20. The molecule has 0 unspecified atom stereocenters. The summed E-state index contributed by atoms with van der Waals surface area (Å²) in [4.78, 5) is 12.8. The zero-order valence-corrected chi connectivity index (χ0v) is 12.6. The van der Waals surface area contributed by atoms with Gasteiger partial charge in [0.15, 0.2) is 9.99 Å². The van der Waals surface area contributed by atoms with Gasteiger partial charge in [-0.25, -0.2) is 15.0 Å². The van der Waals surface area contributed by atoms with E-state index in [1.807, 2.05) is 13.2 Å². The van der Waals surface area contributed by atoms with E-state index in [1.165, 1.54) is 6.33 Å². The molecular formula is C12H16N4OS2. The van der Waals surface area contributed by atoms with Crippen molar-refractivity contribution in [3.05, 3.63) is 18.5 Å². The molecule has 2 rings (SSSR count). The third kappa shape index (κ3) is 3.89. The lowest BCUT2D eigenvalue weighted by Crippen LogP contribution is -2.11. The molecular weight excluding hydrogens is 280 g/mol. The third-order valence-electron chi connectivity index (χ3n) is 2.23. The van der Waals surface area contributed by atoms with Crippen LogP contribution in [0.5, 0.6) is 0 Å². The Morgan fingerprint density at radius 3 is 3.11 bits per heavy atom. The Morgan fingerprint density at radius 2 is 2.37 bits per heavy atom. The molecule has 0 fully saturated rings. The molecule has 0 spiro atoms. The van der Waals surface area contributed by atoms with Gasteiger partial charge in [-0.05, 0) is 13.2 Å². The average Bonchev–Trinajstić information content (AvgIpc) is 2.81. The summed E-state index contributed by atoms with van der Waals surface area (Å²) in [6, 6.07) is 0. The fraction of sp³-hybridized carbons (Fsp3) is 0.417. The highest BCUT2D eigenvalue weighted by molar-refractivity contribution is 8.00. The molecule has 2 heterocycles. The highest BCUT2D eigenvalue weighted by Gasteiger charge is 2.09. The Bertz CT molecular complexity index is 570. The molecule has 2 aromatic heterocycles. The van der Waals surface area contributed by atoms with Gasteiger partial charge in [-0.3, -0.25) is 0 Å². The van der Waals surface area contributed by atoms with Gasteiger partial charge in [0.2, 0.25) is 0 Å². The van der Waals surface area contributed by atoms with Crippen molar-refractivity contribution < 1.29 is 4.74 Å². The number of thioether (sulfide) groups is 1. The van der Waals surface area contributed by atoms with Crippen LogP contribution >= 0.6 is 23.1 Å². The highest BCUT2D eigenvalue weighted by atomic mass is 32.2. The van der Waals surface area contributed by atoms with Gasteiger partial charge in [0.05, 0.1) is 13.2 Å². The Balaban J connectivity index is 1.96. The standard InChI is InChI=1S/C12H16N4OS2/c1-8(2)6-17-5-4-13-10-9-11(15-7-14-10)16-12(18-3)19-9/h7H,1,4-6H2,2-3H3,(H,13,14,15). The lowest BCUT2D eigenvalue weighted by atomic mass is 10.4. The normalized spacial score (nSPS) is 10.8. The first-order valence-electron chi connectivity index (χ1n) is 5.82. The summed E-state index contributed by atoms with van der Waals surface area (Å²) in [7, 11) is 0. The van der Waals surface area contributed by atoms with Crippen LogP contribution in [0.2, 0.25) is 0 Å². The van der Waals surface area contributed by atoms with Gasteiger partial charge in [-0.1, -0.05) is 23.9 Å². The molecule has 5 nitrogen and oxygen atoms in total. The monoisotopic (exact) mass is 296 g/mol.